The summed E-state index contributed by atoms with van der Waals surface area (Å²) >= 11 is 0. The molecule has 0 heterocycles. The molecule has 0 aliphatic heterocycles. The zero-order chi connectivity index (χ0) is 7.61. The molecule has 1 aliphatic carbocycles. The van der Waals surface area contributed by atoms with Gasteiger partial charge in [-0.15, -0.1) is 0 Å². The van der Waals surface area contributed by atoms with Gasteiger partial charge in [0.1, 0.15) is 0 Å². The molecule has 0 aromatic heterocycles. The van der Waals surface area contributed by atoms with Crippen LogP contribution in [0.1, 0.15) is 46.0 Å². The molecule has 1 rings (SSSR count). The van der Waals surface area contributed by atoms with Crippen molar-refractivity contribution >= 4 is 0 Å². The molecule has 0 atom stereocenters. The van der Waals surface area contributed by atoms with Crippen molar-refractivity contribution in [3.63, 3.8) is 0 Å². The summed E-state index contributed by atoms with van der Waals surface area (Å²) in [6.45, 7) is 4.46. The molecule has 1 nitrogen and oxygen atoms in total. The van der Waals surface area contributed by atoms with Crippen molar-refractivity contribution in [3.05, 3.63) is 0 Å². The lowest BCUT2D eigenvalue weighted by Gasteiger charge is -2.33. The van der Waals surface area contributed by atoms with E-state index in [-0.39, 0.29) is 5.54 Å². The maximum atomic E-state index is 5.99. The standard InChI is InChI=1S/C9H19N/c1-3-8-4-6-9(2,10)7-5-8/h8H,3-7,10H2,1-2H3. The summed E-state index contributed by atoms with van der Waals surface area (Å²) in [5, 5.41) is 0. The Morgan fingerprint density at radius 1 is 1.40 bits per heavy atom. The van der Waals surface area contributed by atoms with Crippen molar-refractivity contribution < 1.29 is 0 Å². The van der Waals surface area contributed by atoms with Crippen LogP contribution in [0, 0.1) is 5.92 Å². The van der Waals surface area contributed by atoms with Gasteiger partial charge in [-0.05, 0) is 38.5 Å². The molecule has 0 radical (unpaired) electrons. The fraction of sp³-hybridized carbons (Fsp3) is 1.00. The molecular weight excluding hydrogens is 122 g/mol. The van der Waals surface area contributed by atoms with Gasteiger partial charge in [0, 0.05) is 5.54 Å². The van der Waals surface area contributed by atoms with Crippen LogP contribution in [-0.2, 0) is 0 Å². The zero-order valence-corrected chi connectivity index (χ0v) is 7.19. The van der Waals surface area contributed by atoms with Crippen LogP contribution in [0.4, 0.5) is 0 Å². The molecule has 0 aromatic carbocycles. The van der Waals surface area contributed by atoms with Crippen molar-refractivity contribution in [3.8, 4) is 0 Å². The van der Waals surface area contributed by atoms with Gasteiger partial charge in [0.15, 0.2) is 0 Å². The summed E-state index contributed by atoms with van der Waals surface area (Å²) in [5.41, 5.74) is 6.15. The molecule has 0 aromatic rings. The van der Waals surface area contributed by atoms with Gasteiger partial charge in [0.2, 0.25) is 0 Å². The van der Waals surface area contributed by atoms with E-state index in [1.165, 1.54) is 32.1 Å². The third-order valence-electron chi connectivity index (χ3n) is 2.82. The van der Waals surface area contributed by atoms with E-state index in [1.807, 2.05) is 0 Å². The van der Waals surface area contributed by atoms with Crippen molar-refractivity contribution in [2.75, 3.05) is 0 Å². The van der Waals surface area contributed by atoms with Gasteiger partial charge in [-0.3, -0.25) is 0 Å². The molecule has 1 heteroatoms. The Hall–Kier alpha value is -0.0400. The summed E-state index contributed by atoms with van der Waals surface area (Å²) in [6, 6.07) is 0. The molecule has 1 fully saturated rings. The predicted octanol–water partition coefficient (Wildman–Crippen LogP) is 2.30. The first-order valence-corrected chi connectivity index (χ1v) is 4.43. The highest BCUT2D eigenvalue weighted by Crippen LogP contribution is 2.31. The van der Waals surface area contributed by atoms with Crippen LogP contribution in [0.25, 0.3) is 0 Å². The van der Waals surface area contributed by atoms with Gasteiger partial charge in [-0.25, -0.2) is 0 Å². The van der Waals surface area contributed by atoms with Gasteiger partial charge in [-0.1, -0.05) is 13.3 Å². The van der Waals surface area contributed by atoms with Crippen LogP contribution in [0.15, 0.2) is 0 Å². The molecule has 60 valence electrons. The number of hydrogen-bond donors (Lipinski definition) is 1. The SMILES string of the molecule is CCC1CCC(C)(N)CC1. The maximum absolute atomic E-state index is 5.99. The van der Waals surface area contributed by atoms with Crippen LogP contribution < -0.4 is 5.73 Å². The van der Waals surface area contributed by atoms with Gasteiger partial charge in [0.05, 0.1) is 0 Å². The molecule has 0 saturated heterocycles. The van der Waals surface area contributed by atoms with Crippen molar-refractivity contribution in [1.29, 1.82) is 0 Å². The molecule has 0 bridgehead atoms. The number of nitrogens with two attached hydrogens (primary N) is 1. The lowest BCUT2D eigenvalue weighted by molar-refractivity contribution is 0.246. The zero-order valence-electron chi connectivity index (χ0n) is 7.19. The van der Waals surface area contributed by atoms with E-state index < -0.39 is 0 Å². The molecule has 10 heavy (non-hydrogen) atoms. The van der Waals surface area contributed by atoms with E-state index in [4.69, 9.17) is 5.73 Å². The van der Waals surface area contributed by atoms with Crippen molar-refractivity contribution in [2.45, 2.75) is 51.5 Å². The summed E-state index contributed by atoms with van der Waals surface area (Å²) in [6.07, 6.45) is 6.50. The van der Waals surface area contributed by atoms with Gasteiger partial charge in [0.25, 0.3) is 0 Å². The van der Waals surface area contributed by atoms with E-state index in [0.717, 1.165) is 5.92 Å². The minimum absolute atomic E-state index is 0.158. The second-order valence-corrected chi connectivity index (χ2v) is 4.01. The highest BCUT2D eigenvalue weighted by atomic mass is 14.7. The maximum Gasteiger partial charge on any atom is 0.0126 e. The topological polar surface area (TPSA) is 26.0 Å². The van der Waals surface area contributed by atoms with E-state index in [0.29, 0.717) is 0 Å². The number of rotatable bonds is 1. The molecule has 0 amide bonds. The summed E-state index contributed by atoms with van der Waals surface area (Å²) in [7, 11) is 0. The fourth-order valence-electron chi connectivity index (χ4n) is 1.75. The first-order chi connectivity index (χ1) is 4.64. The minimum Gasteiger partial charge on any atom is -0.325 e. The Labute approximate surface area is 64.0 Å². The molecule has 1 saturated carbocycles. The van der Waals surface area contributed by atoms with Crippen LogP contribution in [0.2, 0.25) is 0 Å². The van der Waals surface area contributed by atoms with E-state index in [2.05, 4.69) is 13.8 Å². The summed E-state index contributed by atoms with van der Waals surface area (Å²) in [4.78, 5) is 0. The lowest BCUT2D eigenvalue weighted by atomic mass is 9.77. The van der Waals surface area contributed by atoms with Gasteiger partial charge in [-0.2, -0.15) is 0 Å². The highest BCUT2D eigenvalue weighted by molar-refractivity contribution is 4.84. The first-order valence-electron chi connectivity index (χ1n) is 4.43. The molecule has 0 spiro atoms. The van der Waals surface area contributed by atoms with Gasteiger partial charge < -0.3 is 5.73 Å². The second kappa shape index (κ2) is 2.91. The number of hydrogen-bond acceptors (Lipinski definition) is 1. The normalized spacial score (nSPS) is 41.7. The van der Waals surface area contributed by atoms with E-state index in [9.17, 15) is 0 Å². The highest BCUT2D eigenvalue weighted by Gasteiger charge is 2.25. The summed E-state index contributed by atoms with van der Waals surface area (Å²) < 4.78 is 0. The van der Waals surface area contributed by atoms with Crippen LogP contribution in [0.3, 0.4) is 0 Å². The largest absolute Gasteiger partial charge is 0.325 e. The quantitative estimate of drug-likeness (QED) is 0.595. The van der Waals surface area contributed by atoms with E-state index >= 15 is 0 Å². The third-order valence-corrected chi connectivity index (χ3v) is 2.82. The minimum atomic E-state index is 0.158. The van der Waals surface area contributed by atoms with Gasteiger partial charge >= 0.3 is 0 Å². The molecular formula is C9H19N. The Balaban J connectivity index is 2.31. The lowest BCUT2D eigenvalue weighted by Crippen LogP contribution is -2.39. The molecule has 0 unspecified atom stereocenters. The molecule has 1 aliphatic rings. The predicted molar refractivity (Wildman–Crippen MR) is 44.8 cm³/mol. The monoisotopic (exact) mass is 141 g/mol. The Bertz CT molecular complexity index is 97.3. The second-order valence-electron chi connectivity index (χ2n) is 4.01. The van der Waals surface area contributed by atoms with Crippen LogP contribution in [0.5, 0.6) is 0 Å². The van der Waals surface area contributed by atoms with Crippen molar-refractivity contribution in [2.24, 2.45) is 11.7 Å². The van der Waals surface area contributed by atoms with Crippen LogP contribution >= 0.6 is 0 Å². The smallest absolute Gasteiger partial charge is 0.0126 e. The Kier molecular flexibility index (Phi) is 2.35. The fourth-order valence-corrected chi connectivity index (χ4v) is 1.75. The van der Waals surface area contributed by atoms with E-state index in [1.54, 1.807) is 0 Å². The average molecular weight is 141 g/mol. The third kappa shape index (κ3) is 1.98. The Morgan fingerprint density at radius 2 is 1.90 bits per heavy atom. The summed E-state index contributed by atoms with van der Waals surface area (Å²) in [5.74, 6) is 0.969. The molecule has 2 N–H and O–H groups in total. The average Bonchev–Trinajstić information content (AvgIpc) is 1.88. The van der Waals surface area contributed by atoms with Crippen molar-refractivity contribution in [1.82, 2.24) is 0 Å². The first kappa shape index (κ1) is 8.06. The Morgan fingerprint density at radius 3 is 2.30 bits per heavy atom. The van der Waals surface area contributed by atoms with Crippen LogP contribution in [-0.4, -0.2) is 5.54 Å².